The summed E-state index contributed by atoms with van der Waals surface area (Å²) >= 11 is 0. The molecule has 0 radical (unpaired) electrons. The first-order chi connectivity index (χ1) is 9.35. The Kier molecular flexibility index (Phi) is 3.58. The molecule has 0 aliphatic heterocycles. The molecule has 20 heavy (non-hydrogen) atoms. The Morgan fingerprint density at radius 3 is 2.55 bits per heavy atom. The summed E-state index contributed by atoms with van der Waals surface area (Å²) in [6, 6.07) is 4.39. The van der Waals surface area contributed by atoms with Crippen molar-refractivity contribution in [2.24, 2.45) is 0 Å². The van der Waals surface area contributed by atoms with Gasteiger partial charge >= 0.3 is 0 Å². The van der Waals surface area contributed by atoms with Crippen LogP contribution in [0.1, 0.15) is 11.3 Å². The number of benzene rings is 1. The fourth-order valence-corrected chi connectivity index (χ4v) is 2.84. The molecular formula is C12H16N4O3S. The first kappa shape index (κ1) is 14.2. The van der Waals surface area contributed by atoms with Crippen molar-refractivity contribution in [3.05, 3.63) is 29.5 Å². The maximum Gasteiger partial charge on any atom is 0.265 e. The number of hydrogen-bond donors (Lipinski definition) is 3. The zero-order valence-corrected chi connectivity index (χ0v) is 12.2. The Morgan fingerprint density at radius 2 is 2.05 bits per heavy atom. The van der Waals surface area contributed by atoms with Gasteiger partial charge in [-0.3, -0.25) is 9.82 Å². The van der Waals surface area contributed by atoms with Gasteiger partial charge in [0.2, 0.25) is 0 Å². The minimum absolute atomic E-state index is 0.0154. The minimum atomic E-state index is -3.79. The van der Waals surface area contributed by atoms with Gasteiger partial charge in [-0.2, -0.15) is 5.10 Å². The summed E-state index contributed by atoms with van der Waals surface area (Å²) < 4.78 is 32.0. The van der Waals surface area contributed by atoms with Crippen LogP contribution >= 0.6 is 0 Å². The molecule has 108 valence electrons. The largest absolute Gasteiger partial charge is 0.497 e. The minimum Gasteiger partial charge on any atom is -0.497 e. The first-order valence-corrected chi connectivity index (χ1v) is 7.31. The highest BCUT2D eigenvalue weighted by atomic mass is 32.2. The highest BCUT2D eigenvalue weighted by Crippen LogP contribution is 2.26. The van der Waals surface area contributed by atoms with Gasteiger partial charge in [0.15, 0.2) is 5.82 Å². The molecule has 1 heterocycles. The van der Waals surface area contributed by atoms with Gasteiger partial charge in [-0.15, -0.1) is 0 Å². The van der Waals surface area contributed by atoms with Gasteiger partial charge in [0.05, 0.1) is 12.8 Å². The zero-order valence-electron chi connectivity index (χ0n) is 11.4. The number of ether oxygens (including phenoxy) is 1. The Hall–Kier alpha value is -2.22. The SMILES string of the molecule is COc1ccc(S(=O)(=O)Nc2n[nH]c(C)c2C)c(N)c1. The lowest BCUT2D eigenvalue weighted by Crippen LogP contribution is -2.15. The van der Waals surface area contributed by atoms with E-state index in [0.717, 1.165) is 11.3 Å². The van der Waals surface area contributed by atoms with Crippen molar-refractivity contribution >= 4 is 21.5 Å². The molecular weight excluding hydrogens is 280 g/mol. The Balaban J connectivity index is 2.38. The molecule has 0 spiro atoms. The van der Waals surface area contributed by atoms with Crippen LogP contribution in [0.4, 0.5) is 11.5 Å². The van der Waals surface area contributed by atoms with Crippen molar-refractivity contribution in [1.82, 2.24) is 10.2 Å². The standard InChI is InChI=1S/C12H16N4O3S/c1-7-8(2)14-15-12(7)16-20(17,18)11-5-4-9(19-3)6-10(11)13/h4-6H,13H2,1-3H3,(H2,14,15,16). The smallest absolute Gasteiger partial charge is 0.265 e. The van der Waals surface area contributed by atoms with Crippen molar-refractivity contribution < 1.29 is 13.2 Å². The van der Waals surface area contributed by atoms with Crippen LogP contribution in [0.5, 0.6) is 5.75 Å². The zero-order chi connectivity index (χ0) is 14.9. The van der Waals surface area contributed by atoms with Gasteiger partial charge in [-0.1, -0.05) is 0 Å². The number of aromatic nitrogens is 2. The van der Waals surface area contributed by atoms with Crippen molar-refractivity contribution in [2.45, 2.75) is 18.7 Å². The first-order valence-electron chi connectivity index (χ1n) is 5.83. The third kappa shape index (κ3) is 2.55. The number of H-pyrrole nitrogens is 1. The lowest BCUT2D eigenvalue weighted by molar-refractivity contribution is 0.414. The number of methoxy groups -OCH3 is 1. The van der Waals surface area contributed by atoms with E-state index in [4.69, 9.17) is 10.5 Å². The number of nitrogens with zero attached hydrogens (tertiary/aromatic N) is 1. The Bertz CT molecular complexity index is 737. The second kappa shape index (κ2) is 5.04. The molecule has 8 heteroatoms. The fourth-order valence-electron chi connectivity index (χ4n) is 1.66. The summed E-state index contributed by atoms with van der Waals surface area (Å²) in [5.41, 5.74) is 7.40. The summed E-state index contributed by atoms with van der Waals surface area (Å²) in [7, 11) is -2.31. The maximum absolute atomic E-state index is 12.3. The topological polar surface area (TPSA) is 110 Å². The van der Waals surface area contributed by atoms with Crippen LogP contribution in [0.15, 0.2) is 23.1 Å². The molecule has 0 aliphatic carbocycles. The lowest BCUT2D eigenvalue weighted by atomic mass is 10.3. The summed E-state index contributed by atoms with van der Waals surface area (Å²) in [5.74, 6) is 0.756. The number of nitrogen functional groups attached to an aromatic ring is 1. The van der Waals surface area contributed by atoms with Crippen molar-refractivity contribution in [3.8, 4) is 5.75 Å². The van der Waals surface area contributed by atoms with E-state index in [2.05, 4.69) is 14.9 Å². The molecule has 0 unspecified atom stereocenters. The van der Waals surface area contributed by atoms with Gasteiger partial charge in [-0.05, 0) is 26.0 Å². The molecule has 4 N–H and O–H groups in total. The number of rotatable bonds is 4. The summed E-state index contributed by atoms with van der Waals surface area (Å²) in [5, 5.41) is 6.62. The molecule has 1 aromatic carbocycles. The van der Waals surface area contributed by atoms with Gasteiger partial charge in [0.1, 0.15) is 10.6 Å². The van der Waals surface area contributed by atoms with Crippen LogP contribution in [0.3, 0.4) is 0 Å². The molecule has 0 atom stereocenters. The second-order valence-corrected chi connectivity index (χ2v) is 5.98. The average Bonchev–Trinajstić information content (AvgIpc) is 2.69. The molecule has 0 saturated carbocycles. The molecule has 0 bridgehead atoms. The summed E-state index contributed by atoms with van der Waals surface area (Å²) in [4.78, 5) is -0.0154. The number of aryl methyl sites for hydroxylation is 1. The molecule has 2 rings (SSSR count). The molecule has 0 fully saturated rings. The number of sulfonamides is 1. The van der Waals surface area contributed by atoms with Crippen LogP contribution in [0.2, 0.25) is 0 Å². The number of aromatic amines is 1. The van der Waals surface area contributed by atoms with Gasteiger partial charge in [-0.25, -0.2) is 8.42 Å². The van der Waals surface area contributed by atoms with E-state index in [1.807, 2.05) is 6.92 Å². The second-order valence-electron chi connectivity index (χ2n) is 4.33. The Morgan fingerprint density at radius 1 is 1.35 bits per heavy atom. The lowest BCUT2D eigenvalue weighted by Gasteiger charge is -2.10. The molecule has 0 saturated heterocycles. The molecule has 0 amide bonds. The van der Waals surface area contributed by atoms with E-state index in [-0.39, 0.29) is 16.4 Å². The van der Waals surface area contributed by atoms with Gasteiger partial charge in [0, 0.05) is 17.3 Å². The van der Waals surface area contributed by atoms with Gasteiger partial charge in [0.25, 0.3) is 10.0 Å². The number of anilines is 2. The summed E-state index contributed by atoms with van der Waals surface area (Å²) in [6.07, 6.45) is 0. The van der Waals surface area contributed by atoms with Crippen molar-refractivity contribution in [1.29, 1.82) is 0 Å². The predicted molar refractivity (Wildman–Crippen MR) is 76.3 cm³/mol. The highest BCUT2D eigenvalue weighted by molar-refractivity contribution is 7.92. The molecule has 2 aromatic rings. The third-order valence-electron chi connectivity index (χ3n) is 2.99. The Labute approximate surface area is 117 Å². The van der Waals surface area contributed by atoms with E-state index in [1.54, 1.807) is 6.92 Å². The summed E-state index contributed by atoms with van der Waals surface area (Å²) in [6.45, 7) is 3.58. The predicted octanol–water partition coefficient (Wildman–Crippen LogP) is 1.42. The maximum atomic E-state index is 12.3. The van der Waals surface area contributed by atoms with Gasteiger partial charge < -0.3 is 10.5 Å². The monoisotopic (exact) mass is 296 g/mol. The molecule has 7 nitrogen and oxygen atoms in total. The third-order valence-corrected chi connectivity index (χ3v) is 4.40. The molecule has 0 aliphatic rings. The molecule has 1 aromatic heterocycles. The van der Waals surface area contributed by atoms with Crippen LogP contribution in [0.25, 0.3) is 0 Å². The van der Waals surface area contributed by atoms with E-state index in [1.165, 1.54) is 25.3 Å². The van der Waals surface area contributed by atoms with E-state index >= 15 is 0 Å². The normalized spacial score (nSPS) is 11.3. The van der Waals surface area contributed by atoms with Crippen molar-refractivity contribution in [2.75, 3.05) is 17.6 Å². The fraction of sp³-hybridized carbons (Fsp3) is 0.250. The average molecular weight is 296 g/mol. The number of nitrogens with one attached hydrogen (secondary N) is 2. The van der Waals surface area contributed by atoms with Crippen LogP contribution in [-0.2, 0) is 10.0 Å². The van der Waals surface area contributed by atoms with E-state index in [0.29, 0.717) is 5.75 Å². The quantitative estimate of drug-likeness (QED) is 0.739. The van der Waals surface area contributed by atoms with Crippen LogP contribution in [-0.4, -0.2) is 25.7 Å². The highest BCUT2D eigenvalue weighted by Gasteiger charge is 2.20. The van der Waals surface area contributed by atoms with Crippen molar-refractivity contribution in [3.63, 3.8) is 0 Å². The van der Waals surface area contributed by atoms with Crippen LogP contribution < -0.4 is 15.2 Å². The number of hydrogen-bond acceptors (Lipinski definition) is 5. The number of nitrogens with two attached hydrogens (primary N) is 1. The van der Waals surface area contributed by atoms with E-state index in [9.17, 15) is 8.42 Å². The van der Waals surface area contributed by atoms with E-state index < -0.39 is 10.0 Å². The van der Waals surface area contributed by atoms with Crippen LogP contribution in [0, 0.1) is 13.8 Å².